The van der Waals surface area contributed by atoms with Gasteiger partial charge in [0.1, 0.15) is 12.6 Å². The number of amides is 2. The number of aromatic amines is 1. The molecule has 1 N–H and O–H groups in total. The number of nitrogens with zero attached hydrogens (tertiary/aromatic N) is 6. The van der Waals surface area contributed by atoms with E-state index in [9.17, 15) is 14.9 Å². The maximum atomic E-state index is 13.4. The van der Waals surface area contributed by atoms with Crippen molar-refractivity contribution in [3.63, 3.8) is 0 Å². The van der Waals surface area contributed by atoms with Gasteiger partial charge in [0, 0.05) is 51.1 Å². The van der Waals surface area contributed by atoms with E-state index < -0.39 is 12.1 Å². The van der Waals surface area contributed by atoms with Gasteiger partial charge < -0.3 is 19.5 Å². The van der Waals surface area contributed by atoms with Crippen LogP contribution in [0.4, 0.5) is 10.7 Å². The van der Waals surface area contributed by atoms with Crippen molar-refractivity contribution in [2.75, 3.05) is 55.8 Å². The number of thioether (sulfide) groups is 1. The molecule has 6 rings (SSSR count). The first-order valence-corrected chi connectivity index (χ1v) is 14.5. The lowest BCUT2D eigenvalue weighted by molar-refractivity contribution is -0.134. The lowest BCUT2D eigenvalue weighted by Crippen LogP contribution is -2.51. The first-order chi connectivity index (χ1) is 19.1. The summed E-state index contributed by atoms with van der Waals surface area (Å²) in [4.78, 5) is 42.8. The highest BCUT2D eigenvalue weighted by Gasteiger charge is 2.45. The largest absolute Gasteiger partial charge is 0.445 e. The van der Waals surface area contributed by atoms with Crippen molar-refractivity contribution < 1.29 is 14.3 Å². The Labute approximate surface area is 231 Å². The van der Waals surface area contributed by atoms with E-state index in [4.69, 9.17) is 9.72 Å². The average Bonchev–Trinajstić information content (AvgIpc) is 3.76. The van der Waals surface area contributed by atoms with Crippen molar-refractivity contribution in [3.05, 3.63) is 59.7 Å². The zero-order valence-electron chi connectivity index (χ0n) is 21.7. The minimum absolute atomic E-state index is 0.0248. The van der Waals surface area contributed by atoms with Crippen molar-refractivity contribution in [3.8, 4) is 6.07 Å². The third-order valence-corrected chi connectivity index (χ3v) is 8.76. The lowest BCUT2D eigenvalue weighted by atomic mass is 10.1. The number of rotatable bonds is 5. The first kappa shape index (κ1) is 25.5. The molecule has 0 saturated carbocycles. The molecular weight excluding hydrogens is 514 g/mol. The predicted octanol–water partition coefficient (Wildman–Crippen LogP) is 2.87. The van der Waals surface area contributed by atoms with Gasteiger partial charge in [0.2, 0.25) is 11.9 Å². The van der Waals surface area contributed by atoms with Gasteiger partial charge in [-0.3, -0.25) is 14.6 Å². The van der Waals surface area contributed by atoms with Crippen LogP contribution in [0.2, 0.25) is 0 Å². The summed E-state index contributed by atoms with van der Waals surface area (Å²) in [5, 5.41) is 9.17. The number of imidazole rings is 1. The highest BCUT2D eigenvalue weighted by atomic mass is 32.2. The normalized spacial score (nSPS) is 21.9. The lowest BCUT2D eigenvalue weighted by Gasteiger charge is -2.37. The summed E-state index contributed by atoms with van der Waals surface area (Å²) in [5.74, 6) is 2.44. The van der Waals surface area contributed by atoms with Crippen LogP contribution < -0.4 is 4.90 Å². The van der Waals surface area contributed by atoms with Crippen molar-refractivity contribution >= 4 is 40.7 Å². The number of likely N-dealkylation sites (tertiary alicyclic amines) is 1. The molecular formula is C28H31N7O3S. The van der Waals surface area contributed by atoms with E-state index in [1.54, 1.807) is 28.8 Å². The molecule has 202 valence electrons. The molecule has 3 aromatic rings. The summed E-state index contributed by atoms with van der Waals surface area (Å²) in [5.41, 5.74) is 3.21. The number of carbonyl (C=O) groups excluding carboxylic acids is 2. The SMILES string of the molecule is N#Cc1ccc2[nH]c(N3CCN(C4CC(C(=O)N5CCSC5)N(C(=O)OCc5ccccc5)C4)CC3)nc2c1. The monoisotopic (exact) mass is 545 g/mol. The number of nitrogens with one attached hydrogen (secondary N) is 1. The minimum atomic E-state index is -0.500. The molecule has 2 aromatic carbocycles. The number of nitriles is 1. The smallest absolute Gasteiger partial charge is 0.410 e. The molecule has 3 aliphatic heterocycles. The van der Waals surface area contributed by atoms with Crippen LogP contribution in [-0.4, -0.2) is 99.6 Å². The summed E-state index contributed by atoms with van der Waals surface area (Å²) < 4.78 is 5.66. The topological polar surface area (TPSA) is 109 Å². The van der Waals surface area contributed by atoms with Crippen LogP contribution in [0.3, 0.4) is 0 Å². The molecule has 1 aromatic heterocycles. The number of anilines is 1. The van der Waals surface area contributed by atoms with Gasteiger partial charge in [-0.25, -0.2) is 9.78 Å². The number of aromatic nitrogens is 2. The van der Waals surface area contributed by atoms with Gasteiger partial charge in [0.05, 0.1) is 28.5 Å². The van der Waals surface area contributed by atoms with E-state index >= 15 is 0 Å². The molecule has 11 heteroatoms. The minimum Gasteiger partial charge on any atom is -0.445 e. The fourth-order valence-corrected chi connectivity index (χ4v) is 6.58. The Morgan fingerprint density at radius 2 is 1.92 bits per heavy atom. The number of ether oxygens (including phenoxy) is 1. The number of benzene rings is 2. The maximum absolute atomic E-state index is 13.4. The molecule has 3 aliphatic rings. The molecule has 3 fully saturated rings. The number of H-pyrrole nitrogens is 1. The second-order valence-electron chi connectivity index (χ2n) is 10.2. The van der Waals surface area contributed by atoms with Gasteiger partial charge in [0.15, 0.2) is 0 Å². The summed E-state index contributed by atoms with van der Waals surface area (Å²) in [6.07, 6.45) is 0.186. The number of hydrogen-bond acceptors (Lipinski definition) is 8. The van der Waals surface area contributed by atoms with Crippen LogP contribution in [0.5, 0.6) is 0 Å². The number of carbonyl (C=O) groups is 2. The molecule has 2 amide bonds. The molecule has 0 spiro atoms. The first-order valence-electron chi connectivity index (χ1n) is 13.3. The van der Waals surface area contributed by atoms with Crippen LogP contribution in [0.1, 0.15) is 17.5 Å². The standard InChI is InChI=1S/C28H31N7O3S/c29-16-21-6-7-23-24(14-21)31-27(30-23)33-10-8-32(9-11-33)22-15-25(26(36)34-12-13-39-19-34)35(17-22)28(37)38-18-20-4-2-1-3-5-20/h1-7,14,22,25H,8-13,15,17-19H2,(H,30,31). The van der Waals surface area contributed by atoms with E-state index in [1.807, 2.05) is 41.3 Å². The van der Waals surface area contributed by atoms with Crippen LogP contribution >= 0.6 is 11.8 Å². The third-order valence-electron chi connectivity index (χ3n) is 7.80. The van der Waals surface area contributed by atoms with Gasteiger partial charge in [-0.2, -0.15) is 5.26 Å². The molecule has 39 heavy (non-hydrogen) atoms. The zero-order chi connectivity index (χ0) is 26.8. The number of hydrogen-bond donors (Lipinski definition) is 1. The Hall–Kier alpha value is -3.75. The van der Waals surface area contributed by atoms with Crippen molar-refractivity contribution in [1.29, 1.82) is 5.26 Å². The molecule has 0 aliphatic carbocycles. The van der Waals surface area contributed by atoms with Crippen LogP contribution in [0.25, 0.3) is 11.0 Å². The van der Waals surface area contributed by atoms with Crippen LogP contribution in [-0.2, 0) is 16.1 Å². The Morgan fingerprint density at radius 3 is 2.67 bits per heavy atom. The van der Waals surface area contributed by atoms with Crippen LogP contribution in [0.15, 0.2) is 48.5 Å². The van der Waals surface area contributed by atoms with Crippen molar-refractivity contribution in [2.45, 2.75) is 25.1 Å². The fraction of sp³-hybridized carbons (Fsp3) is 0.429. The summed E-state index contributed by atoms with van der Waals surface area (Å²) in [6.45, 7) is 4.56. The van der Waals surface area contributed by atoms with Gasteiger partial charge in [-0.1, -0.05) is 30.3 Å². The van der Waals surface area contributed by atoms with Crippen molar-refractivity contribution in [2.24, 2.45) is 0 Å². The fourth-order valence-electron chi connectivity index (χ4n) is 5.63. The van der Waals surface area contributed by atoms with E-state index in [1.165, 1.54) is 0 Å². The Balaban J connectivity index is 1.11. The summed E-state index contributed by atoms with van der Waals surface area (Å²) in [6, 6.07) is 16.8. The second-order valence-corrected chi connectivity index (χ2v) is 11.2. The maximum Gasteiger partial charge on any atom is 0.410 e. The zero-order valence-corrected chi connectivity index (χ0v) is 22.5. The predicted molar refractivity (Wildman–Crippen MR) is 149 cm³/mol. The molecule has 0 bridgehead atoms. The Kier molecular flexibility index (Phi) is 7.30. The number of fused-ring (bicyclic) bond motifs is 1. The molecule has 4 heterocycles. The molecule has 2 unspecified atom stereocenters. The molecule has 3 saturated heterocycles. The van der Waals surface area contributed by atoms with Crippen molar-refractivity contribution in [1.82, 2.24) is 24.7 Å². The van der Waals surface area contributed by atoms with Gasteiger partial charge in [0.25, 0.3) is 0 Å². The van der Waals surface area contributed by atoms with Crippen LogP contribution in [0, 0.1) is 11.3 Å². The summed E-state index contributed by atoms with van der Waals surface area (Å²) in [7, 11) is 0. The van der Waals surface area contributed by atoms with Gasteiger partial charge in [-0.15, -0.1) is 11.8 Å². The van der Waals surface area contributed by atoms with Gasteiger partial charge in [-0.05, 0) is 30.2 Å². The Morgan fingerprint density at radius 1 is 1.10 bits per heavy atom. The molecule has 2 atom stereocenters. The third kappa shape index (κ3) is 5.40. The van der Waals surface area contributed by atoms with E-state index in [0.717, 1.165) is 61.0 Å². The average molecular weight is 546 g/mol. The van der Waals surface area contributed by atoms with E-state index in [2.05, 4.69) is 20.9 Å². The molecule has 0 radical (unpaired) electrons. The van der Waals surface area contributed by atoms with E-state index in [0.29, 0.717) is 24.4 Å². The number of piperazine rings is 1. The highest BCUT2D eigenvalue weighted by Crippen LogP contribution is 2.28. The quantitative estimate of drug-likeness (QED) is 0.522. The molecule has 10 nitrogen and oxygen atoms in total. The highest BCUT2D eigenvalue weighted by molar-refractivity contribution is 7.99. The second kappa shape index (κ2) is 11.2. The Bertz CT molecular complexity index is 1380. The summed E-state index contributed by atoms with van der Waals surface area (Å²) >= 11 is 1.75. The van der Waals surface area contributed by atoms with Gasteiger partial charge >= 0.3 is 6.09 Å². The van der Waals surface area contributed by atoms with E-state index in [-0.39, 0.29) is 18.6 Å².